The van der Waals surface area contributed by atoms with Crippen LogP contribution in [0.3, 0.4) is 0 Å². The van der Waals surface area contributed by atoms with Gasteiger partial charge in [0.25, 0.3) is 0 Å². The van der Waals surface area contributed by atoms with E-state index in [1.807, 2.05) is 14.2 Å². The molecule has 84 valence electrons. The van der Waals surface area contributed by atoms with Gasteiger partial charge in [-0.25, -0.2) is 0 Å². The first-order valence-electron chi connectivity index (χ1n) is 5.54. The quantitative estimate of drug-likeness (QED) is 0.832. The van der Waals surface area contributed by atoms with Crippen LogP contribution >= 0.6 is 11.3 Å². The van der Waals surface area contributed by atoms with Crippen molar-refractivity contribution in [3.63, 3.8) is 0 Å². The molecule has 1 aromatic rings. The number of methoxy groups -OCH3 is 1. The second-order valence-electron chi connectivity index (χ2n) is 4.34. The van der Waals surface area contributed by atoms with Gasteiger partial charge in [0.2, 0.25) is 0 Å². The number of thiophene rings is 1. The molecule has 3 heteroatoms. The van der Waals surface area contributed by atoms with Crippen LogP contribution in [0.5, 0.6) is 0 Å². The van der Waals surface area contributed by atoms with Crippen LogP contribution < -0.4 is 5.32 Å². The molecular weight excluding hydrogens is 206 g/mol. The van der Waals surface area contributed by atoms with Gasteiger partial charge in [-0.15, -0.1) is 0 Å². The van der Waals surface area contributed by atoms with E-state index in [9.17, 15) is 0 Å². The van der Waals surface area contributed by atoms with Crippen molar-refractivity contribution in [1.82, 2.24) is 5.32 Å². The third-order valence-electron chi connectivity index (χ3n) is 3.57. The summed E-state index contributed by atoms with van der Waals surface area (Å²) in [5.41, 5.74) is 1.54. The van der Waals surface area contributed by atoms with Crippen molar-refractivity contribution in [1.29, 1.82) is 0 Å². The first-order chi connectivity index (χ1) is 7.29. The van der Waals surface area contributed by atoms with Crippen molar-refractivity contribution in [2.75, 3.05) is 14.2 Å². The van der Waals surface area contributed by atoms with E-state index >= 15 is 0 Å². The number of ether oxygens (including phenoxy) is 1. The van der Waals surface area contributed by atoms with Gasteiger partial charge in [-0.2, -0.15) is 11.3 Å². The van der Waals surface area contributed by atoms with Crippen LogP contribution in [0.4, 0.5) is 0 Å². The van der Waals surface area contributed by atoms with Gasteiger partial charge in [0.1, 0.15) is 0 Å². The highest BCUT2D eigenvalue weighted by Crippen LogP contribution is 2.41. The minimum atomic E-state index is 0.148. The fourth-order valence-electron chi connectivity index (χ4n) is 2.29. The summed E-state index contributed by atoms with van der Waals surface area (Å²) in [5, 5.41) is 7.75. The van der Waals surface area contributed by atoms with E-state index in [0.29, 0.717) is 6.04 Å². The van der Waals surface area contributed by atoms with Crippen LogP contribution in [0.2, 0.25) is 0 Å². The zero-order chi connectivity index (χ0) is 10.7. The van der Waals surface area contributed by atoms with E-state index in [-0.39, 0.29) is 5.60 Å². The predicted octanol–water partition coefficient (Wildman–Crippen LogP) is 2.97. The lowest BCUT2D eigenvalue weighted by Crippen LogP contribution is -2.42. The first-order valence-corrected chi connectivity index (χ1v) is 6.48. The van der Waals surface area contributed by atoms with Crippen molar-refractivity contribution in [2.45, 2.75) is 37.3 Å². The van der Waals surface area contributed by atoms with E-state index in [2.05, 4.69) is 22.1 Å². The van der Waals surface area contributed by atoms with Gasteiger partial charge in [-0.05, 0) is 55.1 Å². The SMILES string of the molecule is CNC(CC1(OC)CCC1)c1ccsc1. The molecule has 1 saturated carbocycles. The zero-order valence-electron chi connectivity index (χ0n) is 9.45. The Morgan fingerprint density at radius 1 is 1.60 bits per heavy atom. The molecule has 1 heterocycles. The average Bonchev–Trinajstić information content (AvgIpc) is 2.71. The van der Waals surface area contributed by atoms with E-state index in [0.717, 1.165) is 6.42 Å². The molecule has 0 aliphatic heterocycles. The number of hydrogen-bond acceptors (Lipinski definition) is 3. The summed E-state index contributed by atoms with van der Waals surface area (Å²) in [7, 11) is 3.88. The van der Waals surface area contributed by atoms with Crippen LogP contribution in [0.1, 0.15) is 37.3 Å². The Morgan fingerprint density at radius 2 is 2.40 bits per heavy atom. The molecule has 0 saturated heterocycles. The molecule has 15 heavy (non-hydrogen) atoms. The van der Waals surface area contributed by atoms with Crippen LogP contribution in [-0.4, -0.2) is 19.8 Å². The van der Waals surface area contributed by atoms with Gasteiger partial charge < -0.3 is 10.1 Å². The molecule has 0 aromatic carbocycles. The van der Waals surface area contributed by atoms with Crippen molar-refractivity contribution in [3.05, 3.63) is 22.4 Å². The Morgan fingerprint density at radius 3 is 2.80 bits per heavy atom. The van der Waals surface area contributed by atoms with Crippen LogP contribution in [0, 0.1) is 0 Å². The Bertz CT molecular complexity index is 287. The van der Waals surface area contributed by atoms with Crippen LogP contribution in [-0.2, 0) is 4.74 Å². The molecule has 0 amide bonds. The monoisotopic (exact) mass is 225 g/mol. The van der Waals surface area contributed by atoms with Gasteiger partial charge in [0.15, 0.2) is 0 Å². The smallest absolute Gasteiger partial charge is 0.0697 e. The second kappa shape index (κ2) is 4.64. The molecule has 0 bridgehead atoms. The Hall–Kier alpha value is -0.380. The molecule has 1 aromatic heterocycles. The third kappa shape index (κ3) is 2.25. The molecule has 0 spiro atoms. The lowest BCUT2D eigenvalue weighted by Gasteiger charge is -2.42. The highest BCUT2D eigenvalue weighted by molar-refractivity contribution is 7.07. The molecule has 2 nitrogen and oxygen atoms in total. The third-order valence-corrected chi connectivity index (χ3v) is 4.27. The number of nitrogens with one attached hydrogen (secondary N) is 1. The van der Waals surface area contributed by atoms with E-state index in [1.165, 1.54) is 24.8 Å². The normalized spacial score (nSPS) is 20.9. The maximum absolute atomic E-state index is 5.67. The molecule has 1 unspecified atom stereocenters. The van der Waals surface area contributed by atoms with Crippen molar-refractivity contribution < 1.29 is 4.74 Å². The number of hydrogen-bond donors (Lipinski definition) is 1. The van der Waals surface area contributed by atoms with Crippen molar-refractivity contribution in [3.8, 4) is 0 Å². The first kappa shape index (κ1) is 11.1. The zero-order valence-corrected chi connectivity index (χ0v) is 10.3. The maximum atomic E-state index is 5.67. The van der Waals surface area contributed by atoms with Gasteiger partial charge in [0, 0.05) is 13.2 Å². The standard InChI is InChI=1S/C12H19NOS/c1-13-11(10-4-7-15-9-10)8-12(14-2)5-3-6-12/h4,7,9,11,13H,3,5-6,8H2,1-2H3. The molecule has 1 N–H and O–H groups in total. The Labute approximate surface area is 95.6 Å². The molecular formula is C12H19NOS. The van der Waals surface area contributed by atoms with Gasteiger partial charge in [-0.3, -0.25) is 0 Å². The topological polar surface area (TPSA) is 21.3 Å². The van der Waals surface area contributed by atoms with Crippen LogP contribution in [0.15, 0.2) is 16.8 Å². The molecule has 1 aliphatic carbocycles. The Kier molecular flexibility index (Phi) is 3.44. The lowest BCUT2D eigenvalue weighted by atomic mass is 9.75. The minimum Gasteiger partial charge on any atom is -0.378 e. The van der Waals surface area contributed by atoms with Crippen LogP contribution in [0.25, 0.3) is 0 Å². The van der Waals surface area contributed by atoms with Crippen molar-refractivity contribution >= 4 is 11.3 Å². The molecule has 0 radical (unpaired) electrons. The second-order valence-corrected chi connectivity index (χ2v) is 5.12. The summed E-state index contributed by atoms with van der Waals surface area (Å²) in [6, 6.07) is 2.64. The largest absolute Gasteiger partial charge is 0.378 e. The summed E-state index contributed by atoms with van der Waals surface area (Å²) in [6.45, 7) is 0. The average molecular weight is 225 g/mol. The molecule has 1 atom stereocenters. The van der Waals surface area contributed by atoms with E-state index in [4.69, 9.17) is 4.74 Å². The Balaban J connectivity index is 2.02. The highest BCUT2D eigenvalue weighted by atomic mass is 32.1. The van der Waals surface area contributed by atoms with Crippen molar-refractivity contribution in [2.24, 2.45) is 0 Å². The van der Waals surface area contributed by atoms with Gasteiger partial charge in [0.05, 0.1) is 5.60 Å². The summed E-state index contributed by atoms with van der Waals surface area (Å²) >= 11 is 1.76. The fourth-order valence-corrected chi connectivity index (χ4v) is 3.01. The van der Waals surface area contributed by atoms with E-state index < -0.39 is 0 Å². The summed E-state index contributed by atoms with van der Waals surface area (Å²) in [5.74, 6) is 0. The molecule has 2 rings (SSSR count). The summed E-state index contributed by atoms with van der Waals surface area (Å²) in [6.07, 6.45) is 4.84. The van der Waals surface area contributed by atoms with Gasteiger partial charge >= 0.3 is 0 Å². The fraction of sp³-hybridized carbons (Fsp3) is 0.667. The van der Waals surface area contributed by atoms with E-state index in [1.54, 1.807) is 11.3 Å². The molecule has 1 aliphatic rings. The van der Waals surface area contributed by atoms with Gasteiger partial charge in [-0.1, -0.05) is 0 Å². The highest BCUT2D eigenvalue weighted by Gasteiger charge is 2.39. The molecule has 1 fully saturated rings. The maximum Gasteiger partial charge on any atom is 0.0697 e. The summed E-state index contributed by atoms with van der Waals surface area (Å²) in [4.78, 5) is 0. The number of rotatable bonds is 5. The minimum absolute atomic E-state index is 0.148. The predicted molar refractivity (Wildman–Crippen MR) is 64.3 cm³/mol. The lowest BCUT2D eigenvalue weighted by molar-refractivity contribution is -0.0834. The summed E-state index contributed by atoms with van der Waals surface area (Å²) < 4.78 is 5.67.